The Balaban J connectivity index is 2.66. The van der Waals surface area contributed by atoms with Crippen LogP contribution in [0.2, 0.25) is 0 Å². The molecule has 0 radical (unpaired) electrons. The highest BCUT2D eigenvalue weighted by molar-refractivity contribution is 5.50. The second-order valence-electron chi connectivity index (χ2n) is 3.01. The van der Waals surface area contributed by atoms with Crippen molar-refractivity contribution in [3.05, 3.63) is 18.2 Å². The number of nitrogen functional groups attached to an aromatic ring is 1. The number of benzene rings is 1. The molecule has 0 saturated heterocycles. The highest BCUT2D eigenvalue weighted by Gasteiger charge is 2.00. The molecular weight excluding hydrogens is 194 g/mol. The molecule has 1 aromatic rings. The van der Waals surface area contributed by atoms with Gasteiger partial charge in [-0.15, -0.1) is 0 Å². The van der Waals surface area contributed by atoms with Crippen molar-refractivity contribution >= 4 is 5.69 Å². The standard InChI is InChI=1S/C10H17N3O2/c11-1-3-14-9-5-8(13)6-10(7-9)15-4-2-12/h5-7H,1-4,11-13H2. The van der Waals surface area contributed by atoms with E-state index in [1.54, 1.807) is 18.2 Å². The maximum atomic E-state index is 5.68. The second-order valence-corrected chi connectivity index (χ2v) is 3.01. The second kappa shape index (κ2) is 6.10. The lowest BCUT2D eigenvalue weighted by Gasteiger charge is -2.09. The fourth-order valence-corrected chi connectivity index (χ4v) is 1.11. The van der Waals surface area contributed by atoms with Crippen LogP contribution < -0.4 is 26.7 Å². The molecule has 0 fully saturated rings. The minimum Gasteiger partial charge on any atom is -0.492 e. The van der Waals surface area contributed by atoms with Crippen LogP contribution in [0.4, 0.5) is 5.69 Å². The van der Waals surface area contributed by atoms with E-state index in [1.807, 2.05) is 0 Å². The molecule has 0 atom stereocenters. The van der Waals surface area contributed by atoms with Gasteiger partial charge < -0.3 is 26.7 Å². The number of nitrogens with two attached hydrogens (primary N) is 3. The summed E-state index contributed by atoms with van der Waals surface area (Å²) in [5.74, 6) is 1.32. The summed E-state index contributed by atoms with van der Waals surface area (Å²) in [5, 5.41) is 0. The quantitative estimate of drug-likeness (QED) is 0.573. The van der Waals surface area contributed by atoms with Crippen molar-refractivity contribution in [2.24, 2.45) is 11.5 Å². The van der Waals surface area contributed by atoms with E-state index in [0.29, 0.717) is 43.5 Å². The Morgan fingerprint density at radius 3 is 1.73 bits per heavy atom. The highest BCUT2D eigenvalue weighted by atomic mass is 16.5. The van der Waals surface area contributed by atoms with E-state index in [2.05, 4.69) is 0 Å². The van der Waals surface area contributed by atoms with Crippen LogP contribution in [0, 0.1) is 0 Å². The SMILES string of the molecule is NCCOc1cc(N)cc(OCCN)c1. The Morgan fingerprint density at radius 1 is 0.867 bits per heavy atom. The van der Waals surface area contributed by atoms with Gasteiger partial charge in [-0.25, -0.2) is 0 Å². The van der Waals surface area contributed by atoms with E-state index in [-0.39, 0.29) is 0 Å². The molecular formula is C10H17N3O2. The Labute approximate surface area is 89.1 Å². The summed E-state index contributed by atoms with van der Waals surface area (Å²) in [4.78, 5) is 0. The smallest absolute Gasteiger partial charge is 0.125 e. The van der Waals surface area contributed by atoms with Gasteiger partial charge in [0, 0.05) is 37.0 Å². The maximum absolute atomic E-state index is 5.68. The van der Waals surface area contributed by atoms with Crippen molar-refractivity contribution < 1.29 is 9.47 Å². The van der Waals surface area contributed by atoms with Crippen LogP contribution in [-0.2, 0) is 0 Å². The third-order valence-electron chi connectivity index (χ3n) is 1.68. The fraction of sp³-hybridized carbons (Fsp3) is 0.400. The van der Waals surface area contributed by atoms with Crippen LogP contribution in [0.1, 0.15) is 0 Å². The normalized spacial score (nSPS) is 10.0. The molecule has 1 rings (SSSR count). The first-order valence-electron chi connectivity index (χ1n) is 4.82. The van der Waals surface area contributed by atoms with Gasteiger partial charge in [0.15, 0.2) is 0 Å². The molecule has 6 N–H and O–H groups in total. The van der Waals surface area contributed by atoms with Crippen molar-refractivity contribution in [3.63, 3.8) is 0 Å². The zero-order chi connectivity index (χ0) is 11.1. The van der Waals surface area contributed by atoms with E-state index in [9.17, 15) is 0 Å². The lowest BCUT2D eigenvalue weighted by molar-refractivity contribution is 0.312. The van der Waals surface area contributed by atoms with E-state index in [0.717, 1.165) is 0 Å². The highest BCUT2D eigenvalue weighted by Crippen LogP contribution is 2.24. The lowest BCUT2D eigenvalue weighted by Crippen LogP contribution is -2.12. The molecule has 5 nitrogen and oxygen atoms in total. The summed E-state index contributed by atoms with van der Waals surface area (Å²) in [5.41, 5.74) is 16.9. The number of anilines is 1. The van der Waals surface area contributed by atoms with Crippen molar-refractivity contribution in [1.82, 2.24) is 0 Å². The van der Waals surface area contributed by atoms with Gasteiger partial charge in [-0.1, -0.05) is 0 Å². The van der Waals surface area contributed by atoms with Gasteiger partial charge >= 0.3 is 0 Å². The number of ether oxygens (including phenoxy) is 2. The van der Waals surface area contributed by atoms with Crippen LogP contribution in [0.25, 0.3) is 0 Å². The van der Waals surface area contributed by atoms with E-state index in [4.69, 9.17) is 26.7 Å². The predicted octanol–water partition coefficient (Wildman–Crippen LogP) is -0.0562. The molecule has 15 heavy (non-hydrogen) atoms. The Bertz CT molecular complexity index is 278. The Hall–Kier alpha value is -1.46. The molecule has 0 aromatic heterocycles. The summed E-state index contributed by atoms with van der Waals surface area (Å²) < 4.78 is 10.7. The fourth-order valence-electron chi connectivity index (χ4n) is 1.11. The first-order valence-corrected chi connectivity index (χ1v) is 4.82. The molecule has 0 bridgehead atoms. The van der Waals surface area contributed by atoms with Gasteiger partial charge in [-0.3, -0.25) is 0 Å². The zero-order valence-corrected chi connectivity index (χ0v) is 8.61. The minimum absolute atomic E-state index is 0.458. The topological polar surface area (TPSA) is 96.5 Å². The van der Waals surface area contributed by atoms with Crippen LogP contribution in [0.15, 0.2) is 18.2 Å². The number of rotatable bonds is 6. The minimum atomic E-state index is 0.458. The Kier molecular flexibility index (Phi) is 4.73. The third kappa shape index (κ3) is 4.05. The van der Waals surface area contributed by atoms with Gasteiger partial charge in [0.1, 0.15) is 24.7 Å². The predicted molar refractivity (Wildman–Crippen MR) is 60.0 cm³/mol. The number of hydrogen-bond acceptors (Lipinski definition) is 5. The molecule has 1 aromatic carbocycles. The van der Waals surface area contributed by atoms with Crippen LogP contribution in [0.5, 0.6) is 11.5 Å². The van der Waals surface area contributed by atoms with Crippen LogP contribution >= 0.6 is 0 Å². The van der Waals surface area contributed by atoms with Crippen molar-refractivity contribution in [1.29, 1.82) is 0 Å². The van der Waals surface area contributed by atoms with E-state index >= 15 is 0 Å². The molecule has 84 valence electrons. The van der Waals surface area contributed by atoms with Crippen molar-refractivity contribution in [2.45, 2.75) is 0 Å². The lowest BCUT2D eigenvalue weighted by atomic mass is 10.3. The summed E-state index contributed by atoms with van der Waals surface area (Å²) >= 11 is 0. The largest absolute Gasteiger partial charge is 0.492 e. The van der Waals surface area contributed by atoms with Crippen LogP contribution in [-0.4, -0.2) is 26.3 Å². The summed E-state index contributed by atoms with van der Waals surface area (Å²) in [6.45, 7) is 1.85. The molecule has 0 saturated carbocycles. The molecule has 5 heteroatoms. The zero-order valence-electron chi connectivity index (χ0n) is 8.61. The van der Waals surface area contributed by atoms with Gasteiger partial charge in [0.05, 0.1) is 0 Å². The van der Waals surface area contributed by atoms with E-state index in [1.165, 1.54) is 0 Å². The van der Waals surface area contributed by atoms with Gasteiger partial charge in [0.2, 0.25) is 0 Å². The molecule has 0 aliphatic carbocycles. The molecule has 0 amide bonds. The van der Waals surface area contributed by atoms with Crippen molar-refractivity contribution in [2.75, 3.05) is 32.0 Å². The van der Waals surface area contributed by atoms with Gasteiger partial charge in [-0.05, 0) is 0 Å². The molecule has 0 aliphatic heterocycles. The molecule has 0 spiro atoms. The summed E-state index contributed by atoms with van der Waals surface area (Å²) in [7, 11) is 0. The molecule has 0 heterocycles. The first-order chi connectivity index (χ1) is 7.26. The van der Waals surface area contributed by atoms with Crippen LogP contribution in [0.3, 0.4) is 0 Å². The van der Waals surface area contributed by atoms with E-state index < -0.39 is 0 Å². The summed E-state index contributed by atoms with van der Waals surface area (Å²) in [6, 6.07) is 5.22. The monoisotopic (exact) mass is 211 g/mol. The molecule has 0 aliphatic rings. The maximum Gasteiger partial charge on any atom is 0.125 e. The first kappa shape index (κ1) is 11.6. The van der Waals surface area contributed by atoms with Gasteiger partial charge in [-0.2, -0.15) is 0 Å². The average Bonchev–Trinajstić information content (AvgIpc) is 2.23. The number of hydrogen-bond donors (Lipinski definition) is 3. The third-order valence-corrected chi connectivity index (χ3v) is 1.68. The average molecular weight is 211 g/mol. The summed E-state index contributed by atoms with van der Waals surface area (Å²) in [6.07, 6.45) is 0. The van der Waals surface area contributed by atoms with Gasteiger partial charge in [0.25, 0.3) is 0 Å². The molecule has 0 unspecified atom stereocenters. The van der Waals surface area contributed by atoms with Crippen molar-refractivity contribution in [3.8, 4) is 11.5 Å². The Morgan fingerprint density at radius 2 is 1.33 bits per heavy atom.